The molecular formula is C22H24N2O4. The van der Waals surface area contributed by atoms with Gasteiger partial charge in [0.05, 0.1) is 5.92 Å². The molecule has 1 aromatic carbocycles. The first kappa shape index (κ1) is 19.6. The number of ether oxygens (including phenoxy) is 1. The second-order valence-electron chi connectivity index (χ2n) is 6.82. The molecule has 0 saturated carbocycles. The Kier molecular flexibility index (Phi) is 5.78. The summed E-state index contributed by atoms with van der Waals surface area (Å²) >= 11 is 0. The van der Waals surface area contributed by atoms with Gasteiger partial charge in [-0.15, -0.1) is 0 Å². The van der Waals surface area contributed by atoms with Gasteiger partial charge in [-0.25, -0.2) is 0 Å². The molecule has 0 N–H and O–H groups in total. The van der Waals surface area contributed by atoms with Crippen molar-refractivity contribution in [3.05, 3.63) is 70.7 Å². The number of benzene rings is 1. The molecule has 0 aliphatic rings. The van der Waals surface area contributed by atoms with Gasteiger partial charge < -0.3 is 9.26 Å². The lowest BCUT2D eigenvalue weighted by Gasteiger charge is -2.14. The van der Waals surface area contributed by atoms with Crippen molar-refractivity contribution in [1.29, 1.82) is 0 Å². The first-order valence-electron chi connectivity index (χ1n) is 9.29. The van der Waals surface area contributed by atoms with Crippen LogP contribution in [0.1, 0.15) is 52.3 Å². The Hall–Kier alpha value is -3.15. The molecule has 0 aliphatic carbocycles. The summed E-state index contributed by atoms with van der Waals surface area (Å²) in [4.78, 5) is 25.2. The van der Waals surface area contributed by atoms with Crippen molar-refractivity contribution in [2.45, 2.75) is 40.0 Å². The average molecular weight is 380 g/mol. The Labute approximate surface area is 164 Å². The highest BCUT2D eigenvalue weighted by Crippen LogP contribution is 2.23. The van der Waals surface area contributed by atoms with Crippen molar-refractivity contribution in [2.24, 2.45) is 0 Å². The molecule has 1 atom stereocenters. The van der Waals surface area contributed by atoms with Crippen molar-refractivity contribution < 1.29 is 18.8 Å². The number of esters is 1. The van der Waals surface area contributed by atoms with Gasteiger partial charge in [0.25, 0.3) is 0 Å². The fraction of sp³-hybridized carbons (Fsp3) is 0.318. The standard InChI is InChI=1S/C22H24N2O4/c1-5-18(17-9-7-6-8-10-17)22(26)27-13-20(25)19-11-14(2)24(16(19)4)21-12-15(3)28-23-21/h6-12,18H,5,13H2,1-4H3. The Morgan fingerprint density at radius 2 is 1.86 bits per heavy atom. The predicted molar refractivity (Wildman–Crippen MR) is 105 cm³/mol. The van der Waals surface area contributed by atoms with Gasteiger partial charge in [-0.2, -0.15) is 0 Å². The zero-order valence-corrected chi connectivity index (χ0v) is 16.6. The monoisotopic (exact) mass is 380 g/mol. The Morgan fingerprint density at radius 1 is 1.14 bits per heavy atom. The van der Waals surface area contributed by atoms with E-state index in [0.29, 0.717) is 23.6 Å². The maximum Gasteiger partial charge on any atom is 0.313 e. The van der Waals surface area contributed by atoms with E-state index < -0.39 is 0 Å². The number of nitrogens with zero attached hydrogens (tertiary/aromatic N) is 2. The predicted octanol–water partition coefficient (Wildman–Crippen LogP) is 4.31. The van der Waals surface area contributed by atoms with Crippen LogP contribution < -0.4 is 0 Å². The highest BCUT2D eigenvalue weighted by molar-refractivity contribution is 5.99. The third kappa shape index (κ3) is 3.91. The fourth-order valence-electron chi connectivity index (χ4n) is 3.40. The molecule has 0 radical (unpaired) electrons. The number of ketones is 1. The quantitative estimate of drug-likeness (QED) is 0.451. The molecule has 0 spiro atoms. The normalized spacial score (nSPS) is 12.0. The van der Waals surface area contributed by atoms with Crippen LogP contribution in [0.4, 0.5) is 0 Å². The van der Waals surface area contributed by atoms with Crippen molar-refractivity contribution in [2.75, 3.05) is 6.61 Å². The summed E-state index contributed by atoms with van der Waals surface area (Å²) in [6.07, 6.45) is 0.608. The van der Waals surface area contributed by atoms with Gasteiger partial charge in [0, 0.05) is 23.0 Å². The highest BCUT2D eigenvalue weighted by atomic mass is 16.5. The smallest absolute Gasteiger partial charge is 0.313 e. The van der Waals surface area contributed by atoms with Gasteiger partial charge in [-0.3, -0.25) is 14.2 Å². The number of rotatable bonds is 7. The molecule has 28 heavy (non-hydrogen) atoms. The lowest BCUT2D eigenvalue weighted by molar-refractivity contribution is -0.144. The van der Waals surface area contributed by atoms with E-state index >= 15 is 0 Å². The summed E-state index contributed by atoms with van der Waals surface area (Å²) < 4.78 is 12.3. The number of carbonyl (C=O) groups is 2. The first-order valence-corrected chi connectivity index (χ1v) is 9.29. The van der Waals surface area contributed by atoms with Gasteiger partial charge in [-0.1, -0.05) is 42.4 Å². The third-order valence-corrected chi connectivity index (χ3v) is 4.82. The molecule has 0 aliphatic heterocycles. The summed E-state index contributed by atoms with van der Waals surface area (Å²) in [5.41, 5.74) is 3.00. The summed E-state index contributed by atoms with van der Waals surface area (Å²) in [7, 11) is 0. The maximum atomic E-state index is 12.7. The summed E-state index contributed by atoms with van der Waals surface area (Å²) in [6.45, 7) is 7.18. The average Bonchev–Trinajstić information content (AvgIpc) is 3.23. The minimum Gasteiger partial charge on any atom is -0.457 e. The molecule has 2 aromatic heterocycles. The summed E-state index contributed by atoms with van der Waals surface area (Å²) in [5.74, 6) is 0.313. The first-order chi connectivity index (χ1) is 13.4. The topological polar surface area (TPSA) is 74.3 Å². The van der Waals surface area contributed by atoms with E-state index in [0.717, 1.165) is 17.0 Å². The minimum absolute atomic E-state index is 0.240. The van der Waals surface area contributed by atoms with E-state index in [1.807, 2.05) is 62.6 Å². The van der Waals surface area contributed by atoms with E-state index in [1.54, 1.807) is 12.1 Å². The van der Waals surface area contributed by atoms with E-state index in [-0.39, 0.29) is 24.3 Å². The van der Waals surface area contributed by atoms with E-state index in [4.69, 9.17) is 9.26 Å². The van der Waals surface area contributed by atoms with Gasteiger partial charge >= 0.3 is 5.97 Å². The maximum absolute atomic E-state index is 12.7. The molecular weight excluding hydrogens is 356 g/mol. The number of hydrogen-bond acceptors (Lipinski definition) is 5. The van der Waals surface area contributed by atoms with Gasteiger partial charge in [0.1, 0.15) is 5.76 Å². The Balaban J connectivity index is 1.72. The van der Waals surface area contributed by atoms with Crippen LogP contribution in [0.15, 0.2) is 47.0 Å². The molecule has 6 heteroatoms. The zero-order chi connectivity index (χ0) is 20.3. The van der Waals surface area contributed by atoms with E-state index in [2.05, 4.69) is 5.16 Å². The molecule has 0 saturated heterocycles. The van der Waals surface area contributed by atoms with Crippen molar-refractivity contribution >= 4 is 11.8 Å². The van der Waals surface area contributed by atoms with Crippen LogP contribution in [0.25, 0.3) is 5.82 Å². The van der Waals surface area contributed by atoms with Gasteiger partial charge in [0.15, 0.2) is 12.4 Å². The lowest BCUT2D eigenvalue weighted by Crippen LogP contribution is -2.20. The Morgan fingerprint density at radius 3 is 2.46 bits per heavy atom. The van der Waals surface area contributed by atoms with Gasteiger partial charge in [-0.05, 0) is 38.8 Å². The number of aromatic nitrogens is 2. The zero-order valence-electron chi connectivity index (χ0n) is 16.6. The van der Waals surface area contributed by atoms with Crippen LogP contribution in [0.5, 0.6) is 0 Å². The molecule has 3 rings (SSSR count). The largest absolute Gasteiger partial charge is 0.457 e. The Bertz CT molecular complexity index is 985. The second-order valence-corrected chi connectivity index (χ2v) is 6.82. The second kappa shape index (κ2) is 8.25. The van der Waals surface area contributed by atoms with Crippen LogP contribution in [0.3, 0.4) is 0 Å². The third-order valence-electron chi connectivity index (χ3n) is 4.82. The van der Waals surface area contributed by atoms with Crippen LogP contribution >= 0.6 is 0 Å². The van der Waals surface area contributed by atoms with Crippen molar-refractivity contribution in [1.82, 2.24) is 9.72 Å². The summed E-state index contributed by atoms with van der Waals surface area (Å²) in [6, 6.07) is 13.0. The molecule has 2 heterocycles. The number of carbonyl (C=O) groups excluding carboxylic acids is 2. The summed E-state index contributed by atoms with van der Waals surface area (Å²) in [5, 5.41) is 4.01. The molecule has 6 nitrogen and oxygen atoms in total. The molecule has 3 aromatic rings. The molecule has 0 fully saturated rings. The van der Waals surface area contributed by atoms with Crippen LogP contribution in [-0.2, 0) is 9.53 Å². The minimum atomic E-state index is -0.386. The van der Waals surface area contributed by atoms with Crippen LogP contribution in [-0.4, -0.2) is 28.1 Å². The van der Waals surface area contributed by atoms with E-state index in [1.165, 1.54) is 0 Å². The molecule has 1 unspecified atom stereocenters. The SMILES string of the molecule is CCC(C(=O)OCC(=O)c1cc(C)n(-c2cc(C)on2)c1C)c1ccccc1. The van der Waals surface area contributed by atoms with E-state index in [9.17, 15) is 9.59 Å². The van der Waals surface area contributed by atoms with Crippen LogP contribution in [0, 0.1) is 20.8 Å². The highest BCUT2D eigenvalue weighted by Gasteiger charge is 2.23. The lowest BCUT2D eigenvalue weighted by atomic mass is 9.97. The van der Waals surface area contributed by atoms with Crippen molar-refractivity contribution in [3.8, 4) is 5.82 Å². The fourth-order valence-corrected chi connectivity index (χ4v) is 3.40. The molecule has 0 bridgehead atoms. The molecule has 146 valence electrons. The van der Waals surface area contributed by atoms with Crippen molar-refractivity contribution in [3.63, 3.8) is 0 Å². The van der Waals surface area contributed by atoms with Crippen LogP contribution in [0.2, 0.25) is 0 Å². The molecule has 0 amide bonds. The number of hydrogen-bond donors (Lipinski definition) is 0. The number of Topliss-reactive ketones (excluding diaryl/α,β-unsaturated/α-hetero) is 1. The van der Waals surface area contributed by atoms with Gasteiger partial charge in [0.2, 0.25) is 5.78 Å². The number of aryl methyl sites for hydroxylation is 2.